The van der Waals surface area contributed by atoms with Crippen LogP contribution in [0, 0.1) is 0 Å². The Morgan fingerprint density at radius 1 is 1.00 bits per heavy atom. The highest BCUT2D eigenvalue weighted by Gasteiger charge is 2.11. The van der Waals surface area contributed by atoms with E-state index in [0.717, 1.165) is 11.1 Å². The first-order valence-corrected chi connectivity index (χ1v) is 9.42. The zero-order valence-electron chi connectivity index (χ0n) is 16.2. The number of nitrogens with zero attached hydrogens (tertiary/aromatic N) is 1. The van der Waals surface area contributed by atoms with Crippen molar-refractivity contribution < 1.29 is 19.1 Å². The van der Waals surface area contributed by atoms with Crippen LogP contribution >= 0.6 is 11.6 Å². The van der Waals surface area contributed by atoms with Crippen LogP contribution < -0.4 is 10.2 Å². The van der Waals surface area contributed by atoms with E-state index in [0.29, 0.717) is 28.5 Å². The third kappa shape index (κ3) is 5.68. The summed E-state index contributed by atoms with van der Waals surface area (Å²) in [5, 5.41) is 4.62. The molecule has 6 nitrogen and oxygen atoms in total. The molecule has 0 saturated carbocycles. The molecule has 0 heterocycles. The van der Waals surface area contributed by atoms with Gasteiger partial charge >= 0.3 is 5.97 Å². The van der Waals surface area contributed by atoms with Crippen molar-refractivity contribution in [3.63, 3.8) is 0 Å². The van der Waals surface area contributed by atoms with E-state index in [-0.39, 0.29) is 0 Å². The van der Waals surface area contributed by atoms with E-state index in [1.54, 1.807) is 60.7 Å². The van der Waals surface area contributed by atoms with Gasteiger partial charge in [-0.25, -0.2) is 10.2 Å². The van der Waals surface area contributed by atoms with Crippen LogP contribution in [0.5, 0.6) is 5.75 Å². The maximum atomic E-state index is 12.5. The van der Waals surface area contributed by atoms with Gasteiger partial charge in [0.25, 0.3) is 5.91 Å². The quantitative estimate of drug-likeness (QED) is 0.346. The Morgan fingerprint density at radius 3 is 2.40 bits per heavy atom. The standard InChI is InChI=1S/C23H19ClN2O4/c1-29-23(28)18-10-6-16(7-11-18)14-25-26-22(27)20-4-2-3-5-21(20)30-15-17-8-12-19(24)13-9-17/h2-14H,15H2,1H3,(H,26,27)/b25-14-. The van der Waals surface area contributed by atoms with Crippen molar-refractivity contribution in [2.45, 2.75) is 6.61 Å². The number of nitrogens with one attached hydrogen (secondary N) is 1. The number of methoxy groups -OCH3 is 1. The van der Waals surface area contributed by atoms with Crippen LogP contribution in [0.25, 0.3) is 0 Å². The summed E-state index contributed by atoms with van der Waals surface area (Å²) in [5.74, 6) is -0.367. The SMILES string of the molecule is COC(=O)c1ccc(/C=N\NC(=O)c2ccccc2OCc2ccc(Cl)cc2)cc1. The Morgan fingerprint density at radius 2 is 1.70 bits per heavy atom. The van der Waals surface area contributed by atoms with Crippen molar-refractivity contribution in [1.82, 2.24) is 5.43 Å². The average molecular weight is 423 g/mol. The number of hydrogen-bond acceptors (Lipinski definition) is 5. The smallest absolute Gasteiger partial charge is 0.337 e. The van der Waals surface area contributed by atoms with E-state index in [9.17, 15) is 9.59 Å². The summed E-state index contributed by atoms with van der Waals surface area (Å²) in [6.07, 6.45) is 1.48. The van der Waals surface area contributed by atoms with Crippen LogP contribution in [0.2, 0.25) is 5.02 Å². The van der Waals surface area contributed by atoms with Crippen LogP contribution in [-0.4, -0.2) is 25.2 Å². The van der Waals surface area contributed by atoms with Crippen molar-refractivity contribution in [2.24, 2.45) is 5.10 Å². The summed E-state index contributed by atoms with van der Waals surface area (Å²) in [6, 6.07) is 20.9. The van der Waals surface area contributed by atoms with Gasteiger partial charge in [-0.1, -0.05) is 48.0 Å². The van der Waals surface area contributed by atoms with Crippen molar-refractivity contribution in [3.8, 4) is 5.75 Å². The van der Waals surface area contributed by atoms with E-state index >= 15 is 0 Å². The van der Waals surface area contributed by atoms with Crippen molar-refractivity contribution >= 4 is 29.7 Å². The van der Waals surface area contributed by atoms with E-state index in [4.69, 9.17) is 16.3 Å². The minimum absolute atomic E-state index is 0.303. The summed E-state index contributed by atoms with van der Waals surface area (Å²) < 4.78 is 10.5. The lowest BCUT2D eigenvalue weighted by molar-refractivity contribution is 0.0600. The molecule has 0 spiro atoms. The molecule has 0 aliphatic rings. The van der Waals surface area contributed by atoms with Crippen molar-refractivity contribution in [1.29, 1.82) is 0 Å². The van der Waals surface area contributed by atoms with Gasteiger partial charge in [-0.05, 0) is 47.5 Å². The van der Waals surface area contributed by atoms with Gasteiger partial charge in [-0.2, -0.15) is 5.10 Å². The molecular formula is C23H19ClN2O4. The molecule has 30 heavy (non-hydrogen) atoms. The largest absolute Gasteiger partial charge is 0.488 e. The molecular weight excluding hydrogens is 404 g/mol. The van der Waals surface area contributed by atoms with Gasteiger partial charge in [0, 0.05) is 5.02 Å². The number of rotatable bonds is 7. The number of halogens is 1. The lowest BCUT2D eigenvalue weighted by atomic mass is 10.1. The molecule has 0 aromatic heterocycles. The van der Waals surface area contributed by atoms with Gasteiger partial charge in [0.15, 0.2) is 0 Å². The van der Waals surface area contributed by atoms with Gasteiger partial charge in [-0.3, -0.25) is 4.79 Å². The summed E-state index contributed by atoms with van der Waals surface area (Å²) in [6.45, 7) is 0.303. The predicted molar refractivity (Wildman–Crippen MR) is 115 cm³/mol. The Labute approximate surface area is 179 Å². The van der Waals surface area contributed by atoms with Crippen LogP contribution in [-0.2, 0) is 11.3 Å². The second kappa shape index (κ2) is 10.2. The normalized spacial score (nSPS) is 10.6. The minimum Gasteiger partial charge on any atom is -0.488 e. The van der Waals surface area contributed by atoms with Gasteiger partial charge in [0.05, 0.1) is 24.5 Å². The number of para-hydroxylation sites is 1. The molecule has 3 aromatic carbocycles. The van der Waals surface area contributed by atoms with Crippen LogP contribution in [0.1, 0.15) is 31.8 Å². The highest BCUT2D eigenvalue weighted by Crippen LogP contribution is 2.20. The molecule has 0 aliphatic heterocycles. The topological polar surface area (TPSA) is 77.0 Å². The molecule has 0 unspecified atom stereocenters. The average Bonchev–Trinajstić information content (AvgIpc) is 2.78. The number of ether oxygens (including phenoxy) is 2. The number of esters is 1. The van der Waals surface area contributed by atoms with Crippen LogP contribution in [0.15, 0.2) is 77.9 Å². The number of hydrazone groups is 1. The number of amides is 1. The fraction of sp³-hybridized carbons (Fsp3) is 0.0870. The Bertz CT molecular complexity index is 1050. The molecule has 0 radical (unpaired) electrons. The molecule has 1 amide bonds. The van der Waals surface area contributed by atoms with E-state index < -0.39 is 11.9 Å². The van der Waals surface area contributed by atoms with E-state index in [1.165, 1.54) is 13.3 Å². The summed E-state index contributed by atoms with van der Waals surface area (Å²) >= 11 is 5.89. The molecule has 0 atom stereocenters. The molecule has 152 valence electrons. The molecule has 7 heteroatoms. The first-order valence-electron chi connectivity index (χ1n) is 9.05. The van der Waals surface area contributed by atoms with Crippen molar-refractivity contribution in [2.75, 3.05) is 7.11 Å². The molecule has 0 aliphatic carbocycles. The minimum atomic E-state index is -0.415. The predicted octanol–water partition coefficient (Wildman–Crippen LogP) is 4.47. The first kappa shape index (κ1) is 21.1. The highest BCUT2D eigenvalue weighted by atomic mass is 35.5. The maximum Gasteiger partial charge on any atom is 0.337 e. The second-order valence-electron chi connectivity index (χ2n) is 6.22. The van der Waals surface area contributed by atoms with Gasteiger partial charge in [0.1, 0.15) is 12.4 Å². The zero-order chi connectivity index (χ0) is 21.3. The fourth-order valence-corrected chi connectivity index (χ4v) is 2.70. The second-order valence-corrected chi connectivity index (χ2v) is 6.66. The molecule has 0 fully saturated rings. The van der Waals surface area contributed by atoms with E-state index in [1.807, 2.05) is 12.1 Å². The Balaban J connectivity index is 1.62. The van der Waals surface area contributed by atoms with Crippen LogP contribution in [0.3, 0.4) is 0 Å². The first-order chi connectivity index (χ1) is 14.6. The summed E-state index contributed by atoms with van der Waals surface area (Å²) in [4.78, 5) is 24.0. The Hall–Kier alpha value is -3.64. The lowest BCUT2D eigenvalue weighted by Crippen LogP contribution is -2.18. The highest BCUT2D eigenvalue weighted by molar-refractivity contribution is 6.30. The van der Waals surface area contributed by atoms with Crippen LogP contribution in [0.4, 0.5) is 0 Å². The molecule has 3 rings (SSSR count). The van der Waals surface area contributed by atoms with Gasteiger partial charge < -0.3 is 9.47 Å². The molecule has 0 saturated heterocycles. The third-order valence-electron chi connectivity index (χ3n) is 4.15. The lowest BCUT2D eigenvalue weighted by Gasteiger charge is -2.10. The van der Waals surface area contributed by atoms with Gasteiger partial charge in [-0.15, -0.1) is 0 Å². The Kier molecular flexibility index (Phi) is 7.19. The molecule has 0 bridgehead atoms. The number of carbonyl (C=O) groups is 2. The van der Waals surface area contributed by atoms with E-state index in [2.05, 4.69) is 15.3 Å². The summed E-state index contributed by atoms with van der Waals surface area (Å²) in [5.41, 5.74) is 4.94. The van der Waals surface area contributed by atoms with Crippen molar-refractivity contribution in [3.05, 3.63) is 100 Å². The number of hydrogen-bond donors (Lipinski definition) is 1. The molecule has 1 N–H and O–H groups in total. The zero-order valence-corrected chi connectivity index (χ0v) is 16.9. The number of carbonyl (C=O) groups excluding carboxylic acids is 2. The van der Waals surface area contributed by atoms with Gasteiger partial charge in [0.2, 0.25) is 0 Å². The monoisotopic (exact) mass is 422 g/mol. The third-order valence-corrected chi connectivity index (χ3v) is 4.40. The molecule has 3 aromatic rings. The maximum absolute atomic E-state index is 12.5. The fourth-order valence-electron chi connectivity index (χ4n) is 2.57. The summed E-state index contributed by atoms with van der Waals surface area (Å²) in [7, 11) is 1.32. The number of benzene rings is 3.